The molecular formula is C20H16N2O. The van der Waals surface area contributed by atoms with Crippen molar-refractivity contribution in [3.8, 4) is 0 Å². The van der Waals surface area contributed by atoms with E-state index in [-0.39, 0.29) is 5.91 Å². The van der Waals surface area contributed by atoms with E-state index in [1.165, 1.54) is 0 Å². The summed E-state index contributed by atoms with van der Waals surface area (Å²) in [7, 11) is 0. The molecule has 0 bridgehead atoms. The molecule has 0 radical (unpaired) electrons. The Morgan fingerprint density at radius 3 is 2.13 bits per heavy atom. The van der Waals surface area contributed by atoms with E-state index in [0.717, 1.165) is 16.8 Å². The fraction of sp³-hybridized carbons (Fsp3) is 0. The predicted octanol–water partition coefficient (Wildman–Crippen LogP) is 4.01. The van der Waals surface area contributed by atoms with Crippen molar-refractivity contribution in [3.05, 3.63) is 102 Å². The molecule has 0 fully saturated rings. The van der Waals surface area contributed by atoms with E-state index < -0.39 is 0 Å². The third-order valence-electron chi connectivity index (χ3n) is 3.34. The molecule has 112 valence electrons. The second kappa shape index (κ2) is 7.18. The van der Waals surface area contributed by atoms with Crippen molar-refractivity contribution < 1.29 is 4.79 Å². The highest BCUT2D eigenvalue weighted by Crippen LogP contribution is 2.16. The second-order valence-electron chi connectivity index (χ2n) is 5.00. The SMILES string of the molecule is O=C(N/C(=C\c1ccccc1)c1ccccc1)c1ccccn1. The van der Waals surface area contributed by atoms with Crippen LogP contribution in [0.25, 0.3) is 11.8 Å². The minimum Gasteiger partial charge on any atom is -0.320 e. The number of amides is 1. The lowest BCUT2D eigenvalue weighted by molar-refractivity contribution is 0.0969. The molecule has 0 atom stereocenters. The van der Waals surface area contributed by atoms with Crippen LogP contribution in [0.1, 0.15) is 21.6 Å². The highest BCUT2D eigenvalue weighted by molar-refractivity contribution is 6.00. The quantitative estimate of drug-likeness (QED) is 0.740. The minimum atomic E-state index is -0.225. The Kier molecular flexibility index (Phi) is 4.60. The Hall–Kier alpha value is -3.20. The summed E-state index contributed by atoms with van der Waals surface area (Å²) in [6, 6.07) is 24.9. The Bertz CT molecular complexity index is 797. The van der Waals surface area contributed by atoms with Gasteiger partial charge >= 0.3 is 0 Å². The van der Waals surface area contributed by atoms with E-state index in [2.05, 4.69) is 10.3 Å². The smallest absolute Gasteiger partial charge is 0.274 e. The van der Waals surface area contributed by atoms with Crippen molar-refractivity contribution in [3.63, 3.8) is 0 Å². The molecule has 3 nitrogen and oxygen atoms in total. The zero-order valence-electron chi connectivity index (χ0n) is 12.5. The topological polar surface area (TPSA) is 42.0 Å². The van der Waals surface area contributed by atoms with E-state index in [0.29, 0.717) is 5.69 Å². The van der Waals surface area contributed by atoms with Gasteiger partial charge in [0.1, 0.15) is 5.69 Å². The Balaban J connectivity index is 1.93. The van der Waals surface area contributed by atoms with Gasteiger partial charge in [-0.3, -0.25) is 9.78 Å². The van der Waals surface area contributed by atoms with Gasteiger partial charge in [-0.25, -0.2) is 0 Å². The van der Waals surface area contributed by atoms with Crippen LogP contribution in [-0.4, -0.2) is 10.9 Å². The number of nitrogens with one attached hydrogen (secondary N) is 1. The number of nitrogens with zero attached hydrogens (tertiary/aromatic N) is 1. The third kappa shape index (κ3) is 3.92. The van der Waals surface area contributed by atoms with Gasteiger partial charge < -0.3 is 5.32 Å². The fourth-order valence-corrected chi connectivity index (χ4v) is 2.21. The van der Waals surface area contributed by atoms with Crippen molar-refractivity contribution in [2.45, 2.75) is 0 Å². The monoisotopic (exact) mass is 300 g/mol. The first-order valence-electron chi connectivity index (χ1n) is 7.37. The van der Waals surface area contributed by atoms with Crippen LogP contribution in [0.5, 0.6) is 0 Å². The molecule has 1 amide bonds. The Morgan fingerprint density at radius 2 is 1.48 bits per heavy atom. The van der Waals surface area contributed by atoms with E-state index in [4.69, 9.17) is 0 Å². The molecule has 0 saturated heterocycles. The molecule has 1 heterocycles. The summed E-state index contributed by atoms with van der Waals surface area (Å²) < 4.78 is 0. The number of aromatic nitrogens is 1. The summed E-state index contributed by atoms with van der Waals surface area (Å²) in [5.74, 6) is -0.225. The van der Waals surface area contributed by atoms with Crippen LogP contribution in [0.2, 0.25) is 0 Å². The van der Waals surface area contributed by atoms with Crippen LogP contribution in [0.3, 0.4) is 0 Å². The number of hydrogen-bond donors (Lipinski definition) is 1. The van der Waals surface area contributed by atoms with Gasteiger partial charge in [0.05, 0.1) is 0 Å². The molecule has 0 aliphatic heterocycles. The summed E-state index contributed by atoms with van der Waals surface area (Å²) in [5.41, 5.74) is 3.10. The first-order chi connectivity index (χ1) is 11.3. The predicted molar refractivity (Wildman–Crippen MR) is 92.5 cm³/mol. The molecule has 1 N–H and O–H groups in total. The number of pyridine rings is 1. The fourth-order valence-electron chi connectivity index (χ4n) is 2.21. The van der Waals surface area contributed by atoms with Gasteiger partial charge in [-0.1, -0.05) is 66.7 Å². The lowest BCUT2D eigenvalue weighted by Gasteiger charge is -2.10. The van der Waals surface area contributed by atoms with Crippen LogP contribution >= 0.6 is 0 Å². The van der Waals surface area contributed by atoms with E-state index in [1.54, 1.807) is 24.4 Å². The van der Waals surface area contributed by atoms with Crippen LogP contribution in [0.4, 0.5) is 0 Å². The van der Waals surface area contributed by atoms with E-state index >= 15 is 0 Å². The summed E-state index contributed by atoms with van der Waals surface area (Å²) in [6.45, 7) is 0. The average molecular weight is 300 g/mol. The highest BCUT2D eigenvalue weighted by atomic mass is 16.1. The number of carbonyl (C=O) groups is 1. The summed E-state index contributed by atoms with van der Waals surface area (Å²) in [4.78, 5) is 16.5. The molecular weight excluding hydrogens is 284 g/mol. The van der Waals surface area contributed by atoms with Gasteiger partial charge in [0.15, 0.2) is 0 Å². The molecule has 0 aliphatic rings. The Morgan fingerprint density at radius 1 is 0.826 bits per heavy atom. The maximum atomic E-state index is 12.4. The highest BCUT2D eigenvalue weighted by Gasteiger charge is 2.10. The molecule has 23 heavy (non-hydrogen) atoms. The Labute approximate surface area is 135 Å². The van der Waals surface area contributed by atoms with Crippen LogP contribution in [0.15, 0.2) is 85.1 Å². The first-order valence-corrected chi connectivity index (χ1v) is 7.37. The first kappa shape index (κ1) is 14.7. The summed E-state index contributed by atoms with van der Waals surface area (Å²) >= 11 is 0. The molecule has 0 spiro atoms. The number of hydrogen-bond acceptors (Lipinski definition) is 2. The maximum absolute atomic E-state index is 12.4. The normalized spacial score (nSPS) is 11.0. The van der Waals surface area contributed by atoms with Gasteiger partial charge in [0.25, 0.3) is 5.91 Å². The largest absolute Gasteiger partial charge is 0.320 e. The van der Waals surface area contributed by atoms with Gasteiger partial charge in [-0.05, 0) is 29.3 Å². The zero-order chi connectivity index (χ0) is 15.9. The minimum absolute atomic E-state index is 0.225. The third-order valence-corrected chi connectivity index (χ3v) is 3.34. The number of carbonyl (C=O) groups excluding carboxylic acids is 1. The molecule has 3 aromatic rings. The lowest BCUT2D eigenvalue weighted by Crippen LogP contribution is -2.22. The van der Waals surface area contributed by atoms with Crippen molar-refractivity contribution in [1.29, 1.82) is 0 Å². The molecule has 1 aromatic heterocycles. The standard InChI is InChI=1S/C20H16N2O/c23-20(18-13-7-8-14-21-18)22-19(17-11-5-2-6-12-17)15-16-9-3-1-4-10-16/h1-15H,(H,22,23)/b19-15-. The van der Waals surface area contributed by atoms with Gasteiger partial charge in [0.2, 0.25) is 0 Å². The zero-order valence-corrected chi connectivity index (χ0v) is 12.5. The van der Waals surface area contributed by atoms with Crippen LogP contribution in [0, 0.1) is 0 Å². The van der Waals surface area contributed by atoms with E-state index in [1.807, 2.05) is 66.7 Å². The molecule has 3 heteroatoms. The number of rotatable bonds is 4. The lowest BCUT2D eigenvalue weighted by atomic mass is 10.1. The molecule has 0 saturated carbocycles. The maximum Gasteiger partial charge on any atom is 0.274 e. The van der Waals surface area contributed by atoms with Crippen molar-refractivity contribution in [2.75, 3.05) is 0 Å². The summed E-state index contributed by atoms with van der Waals surface area (Å²) in [6.07, 6.45) is 3.56. The van der Waals surface area contributed by atoms with Gasteiger partial charge in [-0.15, -0.1) is 0 Å². The second-order valence-corrected chi connectivity index (χ2v) is 5.00. The van der Waals surface area contributed by atoms with Crippen molar-refractivity contribution >= 4 is 17.7 Å². The summed E-state index contributed by atoms with van der Waals surface area (Å²) in [5, 5.41) is 2.96. The van der Waals surface area contributed by atoms with E-state index in [9.17, 15) is 4.79 Å². The van der Waals surface area contributed by atoms with Gasteiger partial charge in [-0.2, -0.15) is 0 Å². The average Bonchev–Trinajstić information content (AvgIpc) is 2.63. The van der Waals surface area contributed by atoms with Crippen molar-refractivity contribution in [1.82, 2.24) is 10.3 Å². The molecule has 2 aromatic carbocycles. The van der Waals surface area contributed by atoms with Crippen molar-refractivity contribution in [2.24, 2.45) is 0 Å². The molecule has 3 rings (SSSR count). The van der Waals surface area contributed by atoms with Gasteiger partial charge in [0, 0.05) is 11.9 Å². The van der Waals surface area contributed by atoms with Crippen LogP contribution < -0.4 is 5.32 Å². The molecule has 0 unspecified atom stereocenters. The molecule has 0 aliphatic carbocycles. The number of benzene rings is 2. The van der Waals surface area contributed by atoms with Crippen LogP contribution in [-0.2, 0) is 0 Å².